The van der Waals surface area contributed by atoms with E-state index in [1.54, 1.807) is 0 Å². The largest absolute Gasteiger partial charge is 0.393 e. The summed E-state index contributed by atoms with van der Waals surface area (Å²) >= 11 is 3.69. The summed E-state index contributed by atoms with van der Waals surface area (Å²) in [5.74, 6) is 0. The standard InChI is InChI=1S/C21H42O2S/c1-2-3-4-5-6-7-8-9-10-11-12-13-14-15-16-17-18-20(22)19-21(23)24/h20,22H,2-19H2,1H3,(H,23,24). The molecule has 1 atom stereocenters. The van der Waals surface area contributed by atoms with Crippen LogP contribution in [0.2, 0.25) is 0 Å². The minimum Gasteiger partial charge on any atom is -0.393 e. The fourth-order valence-corrected chi connectivity index (χ4v) is 3.44. The molecule has 0 aliphatic carbocycles. The molecule has 3 heteroatoms. The highest BCUT2D eigenvalue weighted by Crippen LogP contribution is 2.14. The molecule has 0 saturated carbocycles. The maximum Gasteiger partial charge on any atom is 0.188 e. The molecule has 2 nitrogen and oxygen atoms in total. The van der Waals surface area contributed by atoms with Gasteiger partial charge in [0.2, 0.25) is 0 Å². The van der Waals surface area contributed by atoms with Gasteiger partial charge in [0.15, 0.2) is 5.12 Å². The summed E-state index contributed by atoms with van der Waals surface area (Å²) in [6.45, 7) is 2.28. The molecular formula is C21H42O2S. The van der Waals surface area contributed by atoms with E-state index in [0.717, 1.165) is 12.8 Å². The lowest BCUT2D eigenvalue weighted by Gasteiger charge is -2.07. The summed E-state index contributed by atoms with van der Waals surface area (Å²) < 4.78 is 0. The first-order valence-corrected chi connectivity index (χ1v) is 11.0. The second kappa shape index (κ2) is 19.3. The molecule has 144 valence electrons. The molecule has 0 heterocycles. The molecule has 0 aromatic heterocycles. The molecule has 24 heavy (non-hydrogen) atoms. The minimum absolute atomic E-state index is 0.196. The number of aliphatic hydroxyl groups excluding tert-OH is 1. The van der Waals surface area contributed by atoms with Gasteiger partial charge in [-0.15, -0.1) is 12.6 Å². The van der Waals surface area contributed by atoms with Crippen molar-refractivity contribution in [1.29, 1.82) is 0 Å². The van der Waals surface area contributed by atoms with Crippen molar-refractivity contribution in [1.82, 2.24) is 0 Å². The molecule has 0 bridgehead atoms. The zero-order chi connectivity index (χ0) is 17.9. The van der Waals surface area contributed by atoms with Crippen molar-refractivity contribution >= 4 is 17.7 Å². The van der Waals surface area contributed by atoms with Gasteiger partial charge in [-0.2, -0.15) is 0 Å². The fraction of sp³-hybridized carbons (Fsp3) is 0.952. The minimum atomic E-state index is -0.485. The number of carbonyl (C=O) groups excluding carboxylic acids is 1. The predicted molar refractivity (Wildman–Crippen MR) is 109 cm³/mol. The van der Waals surface area contributed by atoms with Crippen molar-refractivity contribution < 1.29 is 9.90 Å². The number of hydrogen-bond donors (Lipinski definition) is 2. The van der Waals surface area contributed by atoms with Crippen molar-refractivity contribution in [3.63, 3.8) is 0 Å². The number of carbonyl (C=O) groups is 1. The average molecular weight is 359 g/mol. The highest BCUT2D eigenvalue weighted by Gasteiger charge is 2.06. The van der Waals surface area contributed by atoms with E-state index in [2.05, 4.69) is 19.6 Å². The van der Waals surface area contributed by atoms with Crippen LogP contribution < -0.4 is 0 Å². The maximum atomic E-state index is 10.7. The highest BCUT2D eigenvalue weighted by atomic mass is 32.1. The molecule has 0 rings (SSSR count). The van der Waals surface area contributed by atoms with Crippen LogP contribution in [-0.2, 0) is 4.79 Å². The third-order valence-electron chi connectivity index (χ3n) is 4.80. The Morgan fingerprint density at radius 3 is 1.38 bits per heavy atom. The number of unbranched alkanes of at least 4 members (excludes halogenated alkanes) is 15. The molecule has 0 aromatic carbocycles. The van der Waals surface area contributed by atoms with Crippen LogP contribution in [0.15, 0.2) is 0 Å². The van der Waals surface area contributed by atoms with Gasteiger partial charge in [-0.05, 0) is 6.42 Å². The van der Waals surface area contributed by atoms with Crippen molar-refractivity contribution in [3.05, 3.63) is 0 Å². The van der Waals surface area contributed by atoms with E-state index in [4.69, 9.17) is 0 Å². The van der Waals surface area contributed by atoms with Gasteiger partial charge in [0.05, 0.1) is 6.10 Å². The quantitative estimate of drug-likeness (QED) is 0.196. The summed E-state index contributed by atoms with van der Waals surface area (Å²) in [5, 5.41) is 9.36. The van der Waals surface area contributed by atoms with E-state index in [9.17, 15) is 9.90 Å². The van der Waals surface area contributed by atoms with Crippen molar-refractivity contribution in [2.75, 3.05) is 0 Å². The Morgan fingerprint density at radius 2 is 1.04 bits per heavy atom. The first-order chi connectivity index (χ1) is 11.7. The summed E-state index contributed by atoms with van der Waals surface area (Å²) in [7, 11) is 0. The number of aliphatic hydroxyl groups is 1. The first kappa shape index (κ1) is 24.0. The lowest BCUT2D eigenvalue weighted by molar-refractivity contribution is -0.112. The second-order valence-electron chi connectivity index (χ2n) is 7.34. The zero-order valence-corrected chi connectivity index (χ0v) is 17.0. The van der Waals surface area contributed by atoms with E-state index in [1.165, 1.54) is 96.3 Å². The molecular weight excluding hydrogens is 316 g/mol. The van der Waals surface area contributed by atoms with Gasteiger partial charge in [0.25, 0.3) is 0 Å². The molecule has 0 aliphatic heterocycles. The summed E-state index contributed by atoms with van der Waals surface area (Å²) in [6.07, 6.45) is 22.2. The molecule has 1 unspecified atom stereocenters. The van der Waals surface area contributed by atoms with Crippen molar-refractivity contribution in [2.24, 2.45) is 0 Å². The zero-order valence-electron chi connectivity index (χ0n) is 16.1. The summed E-state index contributed by atoms with van der Waals surface area (Å²) in [4.78, 5) is 10.7. The Hall–Kier alpha value is -0.0200. The van der Waals surface area contributed by atoms with E-state index in [1.807, 2.05) is 0 Å². The lowest BCUT2D eigenvalue weighted by atomic mass is 10.0. The normalized spacial score (nSPS) is 12.5. The Morgan fingerprint density at radius 1 is 0.708 bits per heavy atom. The monoisotopic (exact) mass is 358 g/mol. The number of rotatable bonds is 19. The van der Waals surface area contributed by atoms with Crippen LogP contribution in [0.25, 0.3) is 0 Å². The van der Waals surface area contributed by atoms with E-state index < -0.39 is 6.10 Å². The van der Waals surface area contributed by atoms with Crippen LogP contribution in [0.1, 0.15) is 122 Å². The van der Waals surface area contributed by atoms with E-state index in [-0.39, 0.29) is 11.5 Å². The van der Waals surface area contributed by atoms with Gasteiger partial charge in [0.1, 0.15) is 0 Å². The Labute approximate surface area is 156 Å². The topological polar surface area (TPSA) is 37.3 Å². The van der Waals surface area contributed by atoms with Gasteiger partial charge in [0, 0.05) is 6.42 Å². The Kier molecular flexibility index (Phi) is 19.3. The predicted octanol–water partition coefficient (Wildman–Crippen LogP) is 6.85. The third-order valence-corrected chi connectivity index (χ3v) is 4.98. The first-order valence-electron chi connectivity index (χ1n) is 10.6. The number of thiol groups is 1. The summed E-state index contributed by atoms with van der Waals surface area (Å²) in [5.41, 5.74) is 0. The third kappa shape index (κ3) is 20.0. The van der Waals surface area contributed by atoms with Crippen LogP contribution in [0.3, 0.4) is 0 Å². The highest BCUT2D eigenvalue weighted by molar-refractivity contribution is 7.96. The van der Waals surface area contributed by atoms with Gasteiger partial charge in [-0.1, -0.05) is 110 Å². The van der Waals surface area contributed by atoms with Crippen LogP contribution >= 0.6 is 12.6 Å². The van der Waals surface area contributed by atoms with E-state index in [0.29, 0.717) is 0 Å². The van der Waals surface area contributed by atoms with Gasteiger partial charge in [-0.3, -0.25) is 4.79 Å². The van der Waals surface area contributed by atoms with Crippen LogP contribution in [0.5, 0.6) is 0 Å². The van der Waals surface area contributed by atoms with Crippen LogP contribution in [0, 0.1) is 0 Å². The maximum absolute atomic E-state index is 10.7. The van der Waals surface area contributed by atoms with Crippen LogP contribution in [-0.4, -0.2) is 16.3 Å². The van der Waals surface area contributed by atoms with Gasteiger partial charge in [-0.25, -0.2) is 0 Å². The smallest absolute Gasteiger partial charge is 0.188 e. The molecule has 0 radical (unpaired) electrons. The molecule has 0 fully saturated rings. The molecule has 0 spiro atoms. The molecule has 0 amide bonds. The average Bonchev–Trinajstić information content (AvgIpc) is 2.53. The second-order valence-corrected chi connectivity index (χ2v) is 7.84. The lowest BCUT2D eigenvalue weighted by Crippen LogP contribution is -2.09. The molecule has 0 saturated heterocycles. The molecule has 0 aromatic rings. The van der Waals surface area contributed by atoms with Gasteiger partial charge < -0.3 is 5.11 Å². The van der Waals surface area contributed by atoms with Crippen molar-refractivity contribution in [2.45, 2.75) is 129 Å². The Balaban J connectivity index is 3.06. The molecule has 1 N–H and O–H groups in total. The number of hydrogen-bond acceptors (Lipinski definition) is 2. The van der Waals surface area contributed by atoms with Gasteiger partial charge >= 0.3 is 0 Å². The van der Waals surface area contributed by atoms with Crippen LogP contribution in [0.4, 0.5) is 0 Å². The molecule has 0 aliphatic rings. The fourth-order valence-electron chi connectivity index (χ4n) is 3.23. The van der Waals surface area contributed by atoms with E-state index >= 15 is 0 Å². The SMILES string of the molecule is CCCCCCCCCCCCCCCCCCC(O)CC(=O)S. The summed E-state index contributed by atoms with van der Waals surface area (Å²) in [6, 6.07) is 0. The Bertz CT molecular complexity index is 269. The van der Waals surface area contributed by atoms with Crippen molar-refractivity contribution in [3.8, 4) is 0 Å².